The van der Waals surface area contributed by atoms with Gasteiger partial charge in [0.25, 0.3) is 5.91 Å². The molecular formula is C23H26N4O4S. The fraction of sp³-hybridized carbons (Fsp3) is 0.304. The summed E-state index contributed by atoms with van der Waals surface area (Å²) in [5.74, 6) is 0.236. The number of carbonyl (C=O) groups is 1. The Morgan fingerprint density at radius 1 is 1.16 bits per heavy atom. The Morgan fingerprint density at radius 2 is 1.84 bits per heavy atom. The fourth-order valence-electron chi connectivity index (χ4n) is 3.72. The van der Waals surface area contributed by atoms with Crippen LogP contribution in [0.5, 0.6) is 5.75 Å². The minimum absolute atomic E-state index is 0.117. The van der Waals surface area contributed by atoms with E-state index in [2.05, 4.69) is 22.4 Å². The number of nitrogens with zero attached hydrogens (tertiary/aromatic N) is 2. The van der Waals surface area contributed by atoms with Crippen molar-refractivity contribution in [2.24, 2.45) is 5.92 Å². The van der Waals surface area contributed by atoms with E-state index in [1.807, 2.05) is 0 Å². The number of phenols is 1. The van der Waals surface area contributed by atoms with Gasteiger partial charge in [-0.25, -0.2) is 8.42 Å². The number of aromatic amines is 1. The lowest BCUT2D eigenvalue weighted by Crippen LogP contribution is -2.37. The molecule has 3 aromatic rings. The molecule has 168 valence electrons. The first-order valence-corrected chi connectivity index (χ1v) is 12.0. The summed E-state index contributed by atoms with van der Waals surface area (Å²) in [5, 5.41) is 19.8. The number of piperidine rings is 1. The summed E-state index contributed by atoms with van der Waals surface area (Å²) >= 11 is 0. The van der Waals surface area contributed by atoms with E-state index in [1.165, 1.54) is 16.4 Å². The molecule has 1 amide bonds. The highest BCUT2D eigenvalue weighted by molar-refractivity contribution is 7.89. The van der Waals surface area contributed by atoms with Crippen molar-refractivity contribution in [3.05, 3.63) is 59.8 Å². The summed E-state index contributed by atoms with van der Waals surface area (Å²) in [5.41, 5.74) is 2.39. The Morgan fingerprint density at radius 3 is 2.53 bits per heavy atom. The molecule has 32 heavy (non-hydrogen) atoms. The minimum atomic E-state index is -3.54. The van der Waals surface area contributed by atoms with Crippen molar-refractivity contribution in [1.82, 2.24) is 14.5 Å². The Hall–Kier alpha value is -3.17. The van der Waals surface area contributed by atoms with Gasteiger partial charge in [0, 0.05) is 24.3 Å². The van der Waals surface area contributed by atoms with Crippen molar-refractivity contribution in [3.8, 4) is 17.0 Å². The van der Waals surface area contributed by atoms with E-state index in [1.54, 1.807) is 43.3 Å². The average Bonchev–Trinajstić information content (AvgIpc) is 3.26. The van der Waals surface area contributed by atoms with Gasteiger partial charge in [0.1, 0.15) is 11.4 Å². The predicted octanol–water partition coefficient (Wildman–Crippen LogP) is 3.76. The monoisotopic (exact) mass is 454 g/mol. The van der Waals surface area contributed by atoms with Gasteiger partial charge in [0.2, 0.25) is 10.0 Å². The lowest BCUT2D eigenvalue weighted by Gasteiger charge is -2.29. The number of anilines is 1. The molecule has 3 N–H and O–H groups in total. The molecule has 1 saturated heterocycles. The summed E-state index contributed by atoms with van der Waals surface area (Å²) in [4.78, 5) is 12.8. The van der Waals surface area contributed by atoms with Crippen LogP contribution in [0.3, 0.4) is 0 Å². The molecule has 2 heterocycles. The van der Waals surface area contributed by atoms with Crippen LogP contribution in [0, 0.1) is 12.8 Å². The van der Waals surface area contributed by atoms with E-state index >= 15 is 0 Å². The molecule has 0 radical (unpaired) electrons. The minimum Gasteiger partial charge on any atom is -0.507 e. The number of nitrogens with one attached hydrogen (secondary N) is 2. The first-order chi connectivity index (χ1) is 15.3. The lowest BCUT2D eigenvalue weighted by atomic mass is 10.0. The van der Waals surface area contributed by atoms with Crippen LogP contribution in [-0.4, -0.2) is 47.0 Å². The van der Waals surface area contributed by atoms with Crippen LogP contribution >= 0.6 is 0 Å². The van der Waals surface area contributed by atoms with Crippen molar-refractivity contribution >= 4 is 21.6 Å². The first kappa shape index (κ1) is 22.0. The third-order valence-electron chi connectivity index (χ3n) is 5.83. The Kier molecular flexibility index (Phi) is 6.03. The van der Waals surface area contributed by atoms with Crippen molar-refractivity contribution in [3.63, 3.8) is 0 Å². The smallest absolute Gasteiger partial charge is 0.273 e. The van der Waals surface area contributed by atoms with E-state index < -0.39 is 15.9 Å². The van der Waals surface area contributed by atoms with Crippen molar-refractivity contribution in [2.75, 3.05) is 18.4 Å². The summed E-state index contributed by atoms with van der Waals surface area (Å²) in [6.45, 7) is 4.98. The molecule has 0 saturated carbocycles. The number of aromatic nitrogens is 2. The summed E-state index contributed by atoms with van der Waals surface area (Å²) in [6, 6.07) is 13.0. The highest BCUT2D eigenvalue weighted by atomic mass is 32.2. The zero-order valence-electron chi connectivity index (χ0n) is 18.0. The summed E-state index contributed by atoms with van der Waals surface area (Å²) in [7, 11) is -3.54. The number of amides is 1. The molecule has 0 spiro atoms. The van der Waals surface area contributed by atoms with Gasteiger partial charge in [-0.05, 0) is 67.6 Å². The molecule has 0 atom stereocenters. The van der Waals surface area contributed by atoms with Crippen LogP contribution in [-0.2, 0) is 10.0 Å². The van der Waals surface area contributed by atoms with E-state index in [4.69, 9.17) is 0 Å². The van der Waals surface area contributed by atoms with Crippen LogP contribution in [0.25, 0.3) is 11.3 Å². The third-order valence-corrected chi connectivity index (χ3v) is 7.74. The molecular weight excluding hydrogens is 428 g/mol. The van der Waals surface area contributed by atoms with Gasteiger partial charge in [-0.1, -0.05) is 19.1 Å². The van der Waals surface area contributed by atoms with Crippen LogP contribution in [0.4, 0.5) is 5.69 Å². The number of aryl methyl sites for hydroxylation is 1. The molecule has 0 bridgehead atoms. The van der Waals surface area contributed by atoms with Gasteiger partial charge < -0.3 is 10.4 Å². The number of rotatable bonds is 5. The van der Waals surface area contributed by atoms with Gasteiger partial charge in [-0.15, -0.1) is 0 Å². The maximum absolute atomic E-state index is 12.8. The third kappa shape index (κ3) is 4.39. The zero-order chi connectivity index (χ0) is 22.9. The molecule has 8 nitrogen and oxygen atoms in total. The maximum Gasteiger partial charge on any atom is 0.273 e. The Bertz CT molecular complexity index is 1230. The number of para-hydroxylation sites is 1. The SMILES string of the molecule is Cc1cccc(-c2cc(C(=O)Nc3ccc(S(=O)(=O)N4CCC(C)CC4)cc3)[nH]n2)c1O. The molecule has 1 aliphatic heterocycles. The zero-order valence-corrected chi connectivity index (χ0v) is 18.8. The second-order valence-corrected chi connectivity index (χ2v) is 10.1. The molecule has 1 aliphatic rings. The number of sulfonamides is 1. The van der Waals surface area contributed by atoms with E-state index in [0.717, 1.165) is 12.8 Å². The lowest BCUT2D eigenvalue weighted by molar-refractivity contribution is 0.102. The largest absolute Gasteiger partial charge is 0.507 e. The van der Waals surface area contributed by atoms with Crippen LogP contribution in [0.15, 0.2) is 53.4 Å². The number of carbonyl (C=O) groups excluding carboxylic acids is 1. The van der Waals surface area contributed by atoms with Crippen molar-refractivity contribution in [1.29, 1.82) is 0 Å². The highest BCUT2D eigenvalue weighted by Gasteiger charge is 2.28. The number of aromatic hydroxyl groups is 1. The van der Waals surface area contributed by atoms with Crippen molar-refractivity contribution in [2.45, 2.75) is 31.6 Å². The van der Waals surface area contributed by atoms with Gasteiger partial charge in [-0.3, -0.25) is 9.89 Å². The molecule has 2 aromatic carbocycles. The topological polar surface area (TPSA) is 115 Å². The van der Waals surface area contributed by atoms with E-state index in [9.17, 15) is 18.3 Å². The average molecular weight is 455 g/mol. The quantitative estimate of drug-likeness (QED) is 0.543. The van der Waals surface area contributed by atoms with Gasteiger partial charge in [-0.2, -0.15) is 9.40 Å². The molecule has 4 rings (SSSR count). The fourth-order valence-corrected chi connectivity index (χ4v) is 5.19. The van der Waals surface area contributed by atoms with E-state index in [-0.39, 0.29) is 16.3 Å². The Balaban J connectivity index is 1.45. The molecule has 1 aromatic heterocycles. The van der Waals surface area contributed by atoms with E-state index in [0.29, 0.717) is 41.5 Å². The number of hydrogen-bond acceptors (Lipinski definition) is 5. The second kappa shape index (κ2) is 8.76. The number of phenolic OH excluding ortho intramolecular Hbond substituents is 1. The summed E-state index contributed by atoms with van der Waals surface area (Å²) in [6.07, 6.45) is 1.72. The number of H-pyrrole nitrogens is 1. The second-order valence-electron chi connectivity index (χ2n) is 8.20. The van der Waals surface area contributed by atoms with Crippen LogP contribution < -0.4 is 5.32 Å². The standard InChI is InChI=1S/C23H26N4O4S/c1-15-10-12-27(13-11-15)32(30,31)18-8-6-17(7-9-18)24-23(29)21-14-20(25-26-21)19-5-3-4-16(2)22(19)28/h3-9,14-15,28H,10-13H2,1-2H3,(H,24,29)(H,25,26). The predicted molar refractivity (Wildman–Crippen MR) is 122 cm³/mol. The normalized spacial score (nSPS) is 15.6. The number of benzene rings is 2. The number of hydrogen-bond donors (Lipinski definition) is 3. The van der Waals surface area contributed by atoms with Gasteiger partial charge in [0.05, 0.1) is 10.6 Å². The van der Waals surface area contributed by atoms with Gasteiger partial charge in [0.15, 0.2) is 0 Å². The van der Waals surface area contributed by atoms with Crippen LogP contribution in [0.2, 0.25) is 0 Å². The molecule has 9 heteroatoms. The maximum atomic E-state index is 12.8. The highest BCUT2D eigenvalue weighted by Crippen LogP contribution is 2.31. The van der Waals surface area contributed by atoms with Crippen molar-refractivity contribution < 1.29 is 18.3 Å². The molecule has 0 unspecified atom stereocenters. The summed E-state index contributed by atoms with van der Waals surface area (Å²) < 4.78 is 27.2. The molecule has 1 fully saturated rings. The van der Waals surface area contributed by atoms with Crippen LogP contribution in [0.1, 0.15) is 35.8 Å². The van der Waals surface area contributed by atoms with Gasteiger partial charge >= 0.3 is 0 Å². The Labute approximate surface area is 187 Å². The molecule has 0 aliphatic carbocycles. The first-order valence-electron chi connectivity index (χ1n) is 10.5.